The van der Waals surface area contributed by atoms with Crippen molar-refractivity contribution in [2.45, 2.75) is 67.5 Å². The summed E-state index contributed by atoms with van der Waals surface area (Å²) < 4.78 is 22.4. The van der Waals surface area contributed by atoms with Crippen molar-refractivity contribution < 1.29 is 24.1 Å². The van der Waals surface area contributed by atoms with E-state index in [2.05, 4.69) is 20.8 Å². The largest absolute Gasteiger partial charge is 0.504 e. The molecule has 0 saturated carbocycles. The second-order valence-electron chi connectivity index (χ2n) is 6.96. The van der Waals surface area contributed by atoms with Crippen LogP contribution in [-0.4, -0.2) is 30.9 Å². The molecule has 24 heavy (non-hydrogen) atoms. The average molecular weight is 340 g/mol. The quantitative estimate of drug-likeness (QED) is 0.671. The first-order valence-corrected chi connectivity index (χ1v) is 8.58. The SMILES string of the molecule is CCOC(C)Oc1cc(CC(C)(C)C)cc(O)c1OC(C)OCC. The van der Waals surface area contributed by atoms with Crippen LogP contribution < -0.4 is 9.47 Å². The van der Waals surface area contributed by atoms with E-state index in [-0.39, 0.29) is 16.9 Å². The minimum Gasteiger partial charge on any atom is -0.504 e. The summed E-state index contributed by atoms with van der Waals surface area (Å²) in [6.45, 7) is 14.9. The van der Waals surface area contributed by atoms with E-state index in [1.54, 1.807) is 13.0 Å². The minimum absolute atomic E-state index is 0.0435. The Labute approximate surface area is 145 Å². The highest BCUT2D eigenvalue weighted by Gasteiger charge is 2.20. The number of hydrogen-bond donors (Lipinski definition) is 1. The molecule has 0 aromatic heterocycles. The first-order valence-electron chi connectivity index (χ1n) is 8.58. The molecular formula is C19H32O5. The lowest BCUT2D eigenvalue weighted by atomic mass is 9.88. The van der Waals surface area contributed by atoms with Gasteiger partial charge in [0, 0.05) is 13.2 Å². The Hall–Kier alpha value is -1.46. The van der Waals surface area contributed by atoms with E-state index in [9.17, 15) is 5.11 Å². The lowest BCUT2D eigenvalue weighted by Crippen LogP contribution is -2.20. The molecule has 0 aliphatic carbocycles. The minimum atomic E-state index is -0.487. The second-order valence-corrected chi connectivity index (χ2v) is 6.96. The Balaban J connectivity index is 3.13. The highest BCUT2D eigenvalue weighted by Crippen LogP contribution is 2.40. The Morgan fingerprint density at radius 3 is 2.00 bits per heavy atom. The van der Waals surface area contributed by atoms with Gasteiger partial charge < -0.3 is 24.1 Å². The molecule has 0 amide bonds. The molecule has 1 N–H and O–H groups in total. The predicted octanol–water partition coefficient (Wildman–Crippen LogP) is 4.50. The van der Waals surface area contributed by atoms with Gasteiger partial charge in [-0.25, -0.2) is 0 Å². The molecule has 5 nitrogen and oxygen atoms in total. The summed E-state index contributed by atoms with van der Waals surface area (Å²) in [5, 5.41) is 10.4. The first-order chi connectivity index (χ1) is 11.2. The zero-order valence-electron chi connectivity index (χ0n) is 16.0. The van der Waals surface area contributed by atoms with Gasteiger partial charge in [0.2, 0.25) is 5.75 Å². The highest BCUT2D eigenvalue weighted by molar-refractivity contribution is 5.53. The summed E-state index contributed by atoms with van der Waals surface area (Å²) in [5.74, 6) is 0.781. The lowest BCUT2D eigenvalue weighted by Gasteiger charge is -2.23. The van der Waals surface area contributed by atoms with E-state index in [1.165, 1.54) is 0 Å². The Bertz CT molecular complexity index is 507. The molecule has 1 aromatic rings. The van der Waals surface area contributed by atoms with Crippen LogP contribution in [0.5, 0.6) is 17.2 Å². The van der Waals surface area contributed by atoms with Crippen LogP contribution in [0, 0.1) is 5.41 Å². The van der Waals surface area contributed by atoms with Crippen LogP contribution in [0.4, 0.5) is 0 Å². The lowest BCUT2D eigenvalue weighted by molar-refractivity contribution is -0.0774. The fraction of sp³-hybridized carbons (Fsp3) is 0.684. The maximum Gasteiger partial charge on any atom is 0.206 e. The third-order valence-corrected chi connectivity index (χ3v) is 3.21. The van der Waals surface area contributed by atoms with Gasteiger partial charge in [-0.15, -0.1) is 0 Å². The van der Waals surface area contributed by atoms with Crippen LogP contribution in [0.3, 0.4) is 0 Å². The maximum atomic E-state index is 10.4. The van der Waals surface area contributed by atoms with Crippen LogP contribution in [0.25, 0.3) is 0 Å². The van der Waals surface area contributed by atoms with Crippen molar-refractivity contribution in [1.29, 1.82) is 0 Å². The van der Waals surface area contributed by atoms with Crippen molar-refractivity contribution in [3.8, 4) is 17.2 Å². The fourth-order valence-corrected chi connectivity index (χ4v) is 2.45. The number of phenolic OH excluding ortho intramolecular Hbond substituents is 1. The fourth-order valence-electron chi connectivity index (χ4n) is 2.45. The van der Waals surface area contributed by atoms with Gasteiger partial charge in [-0.05, 0) is 57.2 Å². The topological polar surface area (TPSA) is 57.2 Å². The van der Waals surface area contributed by atoms with E-state index in [0.717, 1.165) is 12.0 Å². The van der Waals surface area contributed by atoms with Gasteiger partial charge in [-0.1, -0.05) is 20.8 Å². The van der Waals surface area contributed by atoms with Crippen LogP contribution in [0.1, 0.15) is 54.0 Å². The van der Waals surface area contributed by atoms with Gasteiger partial charge in [-0.2, -0.15) is 0 Å². The van der Waals surface area contributed by atoms with Crippen molar-refractivity contribution in [1.82, 2.24) is 0 Å². The van der Waals surface area contributed by atoms with Crippen molar-refractivity contribution in [3.05, 3.63) is 17.7 Å². The number of benzene rings is 1. The third-order valence-electron chi connectivity index (χ3n) is 3.21. The molecule has 5 heteroatoms. The number of rotatable bonds is 9. The molecule has 138 valence electrons. The molecule has 1 rings (SSSR count). The zero-order valence-corrected chi connectivity index (χ0v) is 16.0. The Kier molecular flexibility index (Phi) is 7.84. The summed E-state index contributed by atoms with van der Waals surface area (Å²) in [5.41, 5.74) is 1.08. The van der Waals surface area contributed by atoms with E-state index in [4.69, 9.17) is 18.9 Å². The number of ether oxygens (including phenoxy) is 4. The molecule has 1 aromatic carbocycles. The summed E-state index contributed by atoms with van der Waals surface area (Å²) >= 11 is 0. The molecule has 0 saturated heterocycles. The van der Waals surface area contributed by atoms with Gasteiger partial charge in [0.25, 0.3) is 0 Å². The van der Waals surface area contributed by atoms with E-state index in [1.807, 2.05) is 26.8 Å². The standard InChI is InChI=1S/C19H32O5/c1-8-21-13(3)23-17-11-15(12-19(5,6)7)10-16(20)18(17)24-14(4)22-9-2/h10-11,13-14,20H,8-9,12H2,1-7H3. The molecular weight excluding hydrogens is 308 g/mol. The molecule has 2 unspecified atom stereocenters. The van der Waals surface area contributed by atoms with Gasteiger partial charge in [0.15, 0.2) is 24.1 Å². The van der Waals surface area contributed by atoms with E-state index >= 15 is 0 Å². The Morgan fingerprint density at radius 1 is 0.958 bits per heavy atom. The van der Waals surface area contributed by atoms with Crippen molar-refractivity contribution in [2.75, 3.05) is 13.2 Å². The average Bonchev–Trinajstić information content (AvgIpc) is 2.41. The van der Waals surface area contributed by atoms with Crippen LogP contribution in [-0.2, 0) is 15.9 Å². The molecule has 0 radical (unpaired) electrons. The zero-order chi connectivity index (χ0) is 18.3. The predicted molar refractivity (Wildman–Crippen MR) is 94.7 cm³/mol. The van der Waals surface area contributed by atoms with Gasteiger partial charge in [-0.3, -0.25) is 0 Å². The monoisotopic (exact) mass is 340 g/mol. The number of phenols is 1. The smallest absolute Gasteiger partial charge is 0.206 e. The molecule has 0 heterocycles. The van der Waals surface area contributed by atoms with Crippen molar-refractivity contribution in [3.63, 3.8) is 0 Å². The normalized spacial score (nSPS) is 14.3. The van der Waals surface area contributed by atoms with Crippen molar-refractivity contribution >= 4 is 0 Å². The molecule has 0 aliphatic heterocycles. The molecule has 2 atom stereocenters. The Morgan fingerprint density at radius 2 is 1.50 bits per heavy atom. The maximum absolute atomic E-state index is 10.4. The van der Waals surface area contributed by atoms with E-state index in [0.29, 0.717) is 19.0 Å². The molecule has 0 fully saturated rings. The van der Waals surface area contributed by atoms with Crippen molar-refractivity contribution in [2.24, 2.45) is 5.41 Å². The van der Waals surface area contributed by atoms with Crippen LogP contribution in [0.2, 0.25) is 0 Å². The van der Waals surface area contributed by atoms with Crippen LogP contribution >= 0.6 is 0 Å². The summed E-state index contributed by atoms with van der Waals surface area (Å²) in [6.07, 6.45) is -0.121. The van der Waals surface area contributed by atoms with Gasteiger partial charge >= 0.3 is 0 Å². The number of aromatic hydroxyl groups is 1. The van der Waals surface area contributed by atoms with Gasteiger partial charge in [0.1, 0.15) is 0 Å². The summed E-state index contributed by atoms with van der Waals surface area (Å²) in [4.78, 5) is 0. The summed E-state index contributed by atoms with van der Waals surface area (Å²) in [7, 11) is 0. The number of hydrogen-bond acceptors (Lipinski definition) is 5. The highest BCUT2D eigenvalue weighted by atomic mass is 16.7. The summed E-state index contributed by atoms with van der Waals surface area (Å²) in [6, 6.07) is 3.62. The molecule has 0 aliphatic rings. The second kappa shape index (κ2) is 9.14. The molecule has 0 spiro atoms. The van der Waals surface area contributed by atoms with Crippen LogP contribution in [0.15, 0.2) is 12.1 Å². The first kappa shape index (κ1) is 20.6. The molecule has 0 bridgehead atoms. The van der Waals surface area contributed by atoms with E-state index < -0.39 is 12.6 Å². The third kappa shape index (κ3) is 6.97. The van der Waals surface area contributed by atoms with Gasteiger partial charge in [0.05, 0.1) is 0 Å².